The summed E-state index contributed by atoms with van der Waals surface area (Å²) in [4.78, 5) is 0. The maximum atomic E-state index is 5.29. The van der Waals surface area contributed by atoms with E-state index in [2.05, 4.69) is 22.7 Å². The lowest BCUT2D eigenvalue weighted by molar-refractivity contribution is 0.355. The molecule has 1 aromatic rings. The summed E-state index contributed by atoms with van der Waals surface area (Å²) in [5.74, 6) is 1.32. The van der Waals surface area contributed by atoms with Crippen LogP contribution in [0.2, 0.25) is 0 Å². The molecule has 0 bridgehead atoms. The number of ether oxygens (including phenoxy) is 2. The summed E-state index contributed by atoms with van der Waals surface area (Å²) >= 11 is 4.67. The first-order valence-corrected chi connectivity index (χ1v) is 5.31. The summed E-state index contributed by atoms with van der Waals surface area (Å²) in [5, 5.41) is 4.16. The van der Waals surface area contributed by atoms with Gasteiger partial charge in [0, 0.05) is 5.56 Å². The van der Waals surface area contributed by atoms with E-state index in [1.165, 1.54) is 0 Å². The van der Waals surface area contributed by atoms with Crippen LogP contribution < -0.4 is 20.6 Å². The molecule has 0 aliphatic heterocycles. The van der Waals surface area contributed by atoms with Crippen LogP contribution in [-0.4, -0.2) is 25.0 Å². The number of hydrogen-bond donors (Lipinski definition) is 2. The van der Waals surface area contributed by atoms with Crippen LogP contribution in [0.1, 0.15) is 12.5 Å². The minimum absolute atomic E-state index is 0.129. The molecule has 0 saturated heterocycles. The Balaban J connectivity index is 2.99. The summed E-state index contributed by atoms with van der Waals surface area (Å²) in [7, 11) is 3.17. The van der Waals surface area contributed by atoms with Crippen molar-refractivity contribution in [1.82, 2.24) is 5.43 Å². The Morgan fingerprint density at radius 2 is 1.94 bits per heavy atom. The average Bonchev–Trinajstić information content (AvgIpc) is 2.34. The van der Waals surface area contributed by atoms with Crippen molar-refractivity contribution in [3.63, 3.8) is 0 Å². The van der Waals surface area contributed by atoms with Gasteiger partial charge in [0.15, 0.2) is 16.6 Å². The van der Waals surface area contributed by atoms with Crippen molar-refractivity contribution < 1.29 is 9.47 Å². The number of hydrazone groups is 1. The Kier molecular flexibility index (Phi) is 4.71. The van der Waals surface area contributed by atoms with Gasteiger partial charge in [-0.15, -0.1) is 0 Å². The predicted octanol–water partition coefficient (Wildman–Crippen LogP) is 1.26. The van der Waals surface area contributed by atoms with Crippen molar-refractivity contribution in [2.24, 2.45) is 10.8 Å². The molecule has 17 heavy (non-hydrogen) atoms. The second-order valence-electron chi connectivity index (χ2n) is 3.24. The van der Waals surface area contributed by atoms with Crippen LogP contribution in [0.15, 0.2) is 23.3 Å². The minimum Gasteiger partial charge on any atom is -0.493 e. The van der Waals surface area contributed by atoms with Crippen LogP contribution in [0.25, 0.3) is 0 Å². The van der Waals surface area contributed by atoms with E-state index >= 15 is 0 Å². The van der Waals surface area contributed by atoms with Crippen molar-refractivity contribution in [2.45, 2.75) is 6.92 Å². The summed E-state index contributed by atoms with van der Waals surface area (Å²) in [5.41, 5.74) is 9.47. The number of nitrogens with one attached hydrogen (secondary N) is 1. The Morgan fingerprint density at radius 3 is 2.47 bits per heavy atom. The molecule has 0 unspecified atom stereocenters. The number of thiocarbonyl (C=S) groups is 1. The minimum atomic E-state index is 0.129. The van der Waals surface area contributed by atoms with Crippen molar-refractivity contribution in [1.29, 1.82) is 0 Å². The number of methoxy groups -OCH3 is 2. The molecular weight excluding hydrogens is 238 g/mol. The molecule has 0 amide bonds. The van der Waals surface area contributed by atoms with Crippen molar-refractivity contribution in [2.75, 3.05) is 14.2 Å². The Bertz CT molecular complexity index is 446. The normalized spacial score (nSPS) is 10.9. The number of benzene rings is 1. The Hall–Kier alpha value is -1.82. The van der Waals surface area contributed by atoms with Gasteiger partial charge in [-0.05, 0) is 37.3 Å². The van der Waals surface area contributed by atoms with E-state index in [9.17, 15) is 0 Å². The van der Waals surface area contributed by atoms with Gasteiger partial charge in [-0.25, -0.2) is 0 Å². The van der Waals surface area contributed by atoms with E-state index in [4.69, 9.17) is 15.2 Å². The van der Waals surface area contributed by atoms with Crippen molar-refractivity contribution in [3.8, 4) is 11.5 Å². The molecule has 5 nitrogen and oxygen atoms in total. The highest BCUT2D eigenvalue weighted by atomic mass is 32.1. The molecule has 0 aliphatic rings. The van der Waals surface area contributed by atoms with E-state index < -0.39 is 0 Å². The molecular formula is C11H15N3O2S. The molecule has 0 atom stereocenters. The molecule has 0 heterocycles. The Labute approximate surface area is 106 Å². The molecule has 3 N–H and O–H groups in total. The first-order valence-electron chi connectivity index (χ1n) is 4.90. The van der Waals surface area contributed by atoms with Gasteiger partial charge >= 0.3 is 0 Å². The van der Waals surface area contributed by atoms with Gasteiger partial charge in [-0.3, -0.25) is 5.43 Å². The molecule has 0 aliphatic carbocycles. The highest BCUT2D eigenvalue weighted by Crippen LogP contribution is 2.27. The third kappa shape index (κ3) is 3.60. The standard InChI is InChI=1S/C11H15N3O2S/c1-7(13-14-11(12)17)8-4-5-9(15-2)10(6-8)16-3/h4-6H,1-3H3,(H3,12,14,17)/b13-7-. The first-order chi connectivity index (χ1) is 8.08. The molecule has 0 spiro atoms. The second-order valence-corrected chi connectivity index (χ2v) is 3.68. The Morgan fingerprint density at radius 1 is 1.29 bits per heavy atom. The van der Waals surface area contributed by atoms with Crippen molar-refractivity contribution in [3.05, 3.63) is 23.8 Å². The number of nitrogens with two attached hydrogens (primary N) is 1. The summed E-state index contributed by atoms with van der Waals surface area (Å²) in [6.07, 6.45) is 0. The zero-order valence-corrected chi connectivity index (χ0v) is 10.8. The zero-order chi connectivity index (χ0) is 12.8. The lowest BCUT2D eigenvalue weighted by Crippen LogP contribution is -2.25. The highest BCUT2D eigenvalue weighted by molar-refractivity contribution is 7.80. The van der Waals surface area contributed by atoms with Crippen molar-refractivity contribution >= 4 is 23.0 Å². The van der Waals surface area contributed by atoms with E-state index in [0.29, 0.717) is 11.5 Å². The number of hydrogen-bond acceptors (Lipinski definition) is 4. The lowest BCUT2D eigenvalue weighted by Gasteiger charge is -2.09. The molecule has 1 aromatic carbocycles. The zero-order valence-electron chi connectivity index (χ0n) is 9.98. The summed E-state index contributed by atoms with van der Waals surface area (Å²) in [6, 6.07) is 5.52. The summed E-state index contributed by atoms with van der Waals surface area (Å²) < 4.78 is 10.3. The van der Waals surface area contributed by atoms with E-state index in [1.54, 1.807) is 14.2 Å². The summed E-state index contributed by atoms with van der Waals surface area (Å²) in [6.45, 7) is 1.84. The van der Waals surface area contributed by atoms with Gasteiger partial charge in [0.05, 0.1) is 19.9 Å². The molecule has 0 saturated carbocycles. The average molecular weight is 253 g/mol. The second kappa shape index (κ2) is 6.05. The van der Waals surface area contributed by atoms with Crippen LogP contribution in [0.3, 0.4) is 0 Å². The lowest BCUT2D eigenvalue weighted by atomic mass is 10.1. The van der Waals surface area contributed by atoms with Crippen LogP contribution in [-0.2, 0) is 0 Å². The molecule has 1 rings (SSSR count). The first kappa shape index (κ1) is 13.2. The third-order valence-corrected chi connectivity index (χ3v) is 2.23. The third-order valence-electron chi connectivity index (χ3n) is 2.14. The maximum absolute atomic E-state index is 5.29. The van der Waals surface area contributed by atoms with E-state index in [1.807, 2.05) is 25.1 Å². The quantitative estimate of drug-likeness (QED) is 0.480. The highest BCUT2D eigenvalue weighted by Gasteiger charge is 2.06. The van der Waals surface area contributed by atoms with Crippen LogP contribution in [0, 0.1) is 0 Å². The predicted molar refractivity (Wildman–Crippen MR) is 71.7 cm³/mol. The fourth-order valence-electron chi connectivity index (χ4n) is 1.26. The van der Waals surface area contributed by atoms with Gasteiger partial charge < -0.3 is 15.2 Å². The molecule has 92 valence electrons. The van der Waals surface area contributed by atoms with E-state index in [-0.39, 0.29) is 5.11 Å². The van der Waals surface area contributed by atoms with E-state index in [0.717, 1.165) is 11.3 Å². The van der Waals surface area contributed by atoms with Crippen LogP contribution in [0.4, 0.5) is 0 Å². The largest absolute Gasteiger partial charge is 0.493 e. The fraction of sp³-hybridized carbons (Fsp3) is 0.273. The van der Waals surface area contributed by atoms with Crippen LogP contribution >= 0.6 is 12.2 Å². The fourth-order valence-corrected chi connectivity index (χ4v) is 1.31. The molecule has 0 radical (unpaired) electrons. The molecule has 0 aromatic heterocycles. The maximum Gasteiger partial charge on any atom is 0.184 e. The van der Waals surface area contributed by atoms with Gasteiger partial charge in [-0.1, -0.05) is 0 Å². The van der Waals surface area contributed by atoms with Gasteiger partial charge in [0.1, 0.15) is 0 Å². The monoisotopic (exact) mass is 253 g/mol. The topological polar surface area (TPSA) is 68.9 Å². The number of nitrogens with zero attached hydrogens (tertiary/aromatic N) is 1. The van der Waals surface area contributed by atoms with Gasteiger partial charge in [-0.2, -0.15) is 5.10 Å². The SMILES string of the molecule is COc1ccc(/C(C)=N\NC(N)=S)cc1OC. The van der Waals surface area contributed by atoms with Gasteiger partial charge in [0.2, 0.25) is 0 Å². The number of rotatable bonds is 4. The molecule has 6 heteroatoms. The molecule has 0 fully saturated rings. The van der Waals surface area contributed by atoms with Gasteiger partial charge in [0.25, 0.3) is 0 Å². The smallest absolute Gasteiger partial charge is 0.184 e. The van der Waals surface area contributed by atoms with Crippen LogP contribution in [0.5, 0.6) is 11.5 Å².